The van der Waals surface area contributed by atoms with Crippen molar-refractivity contribution in [1.29, 1.82) is 0 Å². The van der Waals surface area contributed by atoms with Gasteiger partial charge in [0.05, 0.1) is 5.54 Å². The summed E-state index contributed by atoms with van der Waals surface area (Å²) in [7, 11) is 1.68. The Balaban J connectivity index is 1.67. The van der Waals surface area contributed by atoms with Gasteiger partial charge in [-0.3, -0.25) is 4.79 Å². The molecular weight excluding hydrogens is 388 g/mol. The quantitative estimate of drug-likeness (QED) is 0.706. The first-order valence-electron chi connectivity index (χ1n) is 9.81. The summed E-state index contributed by atoms with van der Waals surface area (Å²) >= 11 is 0. The fourth-order valence-electron chi connectivity index (χ4n) is 3.53. The number of amides is 2. The first kappa shape index (κ1) is 21.6. The summed E-state index contributed by atoms with van der Waals surface area (Å²) in [5.74, 6) is -1.35. The summed E-state index contributed by atoms with van der Waals surface area (Å²) in [5.41, 5.74) is 6.12. The van der Waals surface area contributed by atoms with Crippen molar-refractivity contribution in [2.45, 2.75) is 44.8 Å². The number of aromatic carboxylic acids is 1. The van der Waals surface area contributed by atoms with Crippen molar-refractivity contribution in [2.24, 2.45) is 12.8 Å². The van der Waals surface area contributed by atoms with Crippen molar-refractivity contribution in [3.63, 3.8) is 0 Å². The predicted octanol–water partition coefficient (Wildman–Crippen LogP) is 2.54. The Morgan fingerprint density at radius 2 is 1.80 bits per heavy atom. The van der Waals surface area contributed by atoms with E-state index in [1.807, 2.05) is 0 Å². The highest BCUT2D eigenvalue weighted by atomic mass is 16.6. The zero-order valence-corrected chi connectivity index (χ0v) is 17.7. The normalized spacial score (nSPS) is 16.4. The summed E-state index contributed by atoms with van der Waals surface area (Å²) in [5, 5.41) is 12.8. The summed E-state index contributed by atoms with van der Waals surface area (Å²) in [4.78, 5) is 37.9. The van der Waals surface area contributed by atoms with E-state index in [4.69, 9.17) is 10.5 Å². The number of nitrogens with two attached hydrogens (primary N) is 1. The Bertz CT molecular complexity index is 997. The van der Waals surface area contributed by atoms with Gasteiger partial charge < -0.3 is 30.4 Å². The van der Waals surface area contributed by atoms with Gasteiger partial charge in [-0.25, -0.2) is 9.59 Å². The molecule has 9 heteroatoms. The molecule has 0 radical (unpaired) electrons. The molecule has 0 spiro atoms. The van der Waals surface area contributed by atoms with Gasteiger partial charge in [-0.15, -0.1) is 0 Å². The lowest BCUT2D eigenvalue weighted by molar-refractivity contribution is -0.122. The Morgan fingerprint density at radius 1 is 1.17 bits per heavy atom. The average molecular weight is 416 g/mol. The van der Waals surface area contributed by atoms with E-state index in [1.165, 1.54) is 0 Å². The molecule has 1 aliphatic rings. The predicted molar refractivity (Wildman–Crippen MR) is 112 cm³/mol. The van der Waals surface area contributed by atoms with Crippen molar-refractivity contribution in [3.8, 4) is 0 Å². The minimum Gasteiger partial charge on any atom is -0.477 e. The molecule has 1 aromatic heterocycles. The van der Waals surface area contributed by atoms with Crippen molar-refractivity contribution < 1.29 is 24.2 Å². The van der Waals surface area contributed by atoms with Crippen LogP contribution < -0.4 is 11.1 Å². The number of aryl methyl sites for hydroxylation is 1. The van der Waals surface area contributed by atoms with E-state index >= 15 is 0 Å². The van der Waals surface area contributed by atoms with Crippen LogP contribution in [0.25, 0.3) is 10.9 Å². The van der Waals surface area contributed by atoms with Crippen LogP contribution >= 0.6 is 0 Å². The van der Waals surface area contributed by atoms with Crippen LogP contribution in [0.5, 0.6) is 0 Å². The molecule has 3 rings (SSSR count). The molecule has 1 aliphatic heterocycles. The lowest BCUT2D eigenvalue weighted by atomic mass is 9.87. The van der Waals surface area contributed by atoms with Gasteiger partial charge in [0.2, 0.25) is 5.91 Å². The van der Waals surface area contributed by atoms with Crippen LogP contribution in [0.3, 0.4) is 0 Å². The molecule has 30 heavy (non-hydrogen) atoms. The summed E-state index contributed by atoms with van der Waals surface area (Å²) in [6.07, 6.45) is 0.220. The highest BCUT2D eigenvalue weighted by Crippen LogP contribution is 2.26. The molecule has 0 atom stereocenters. The molecule has 0 saturated carbocycles. The molecule has 4 N–H and O–H groups in total. The number of ether oxygens (including phenoxy) is 1. The third-order valence-electron chi connectivity index (χ3n) is 5.28. The average Bonchev–Trinajstić information content (AvgIpc) is 2.97. The Hall–Kier alpha value is -3.07. The standard InChI is InChI=1S/C21H28N4O5/c1-20(2,3)30-19(29)25-9-7-21(22,8-10-25)18(28)23-14-5-6-15-13(11-14)12-16(17(26)27)24(15)4/h5-6,11-12H,7-10,22H2,1-4H3,(H,23,28)(H,26,27). The highest BCUT2D eigenvalue weighted by Gasteiger charge is 2.39. The molecule has 2 aromatic rings. The number of anilines is 1. The number of fused-ring (bicyclic) bond motifs is 1. The molecule has 0 unspecified atom stereocenters. The maximum atomic E-state index is 12.8. The number of carbonyl (C=O) groups is 3. The lowest BCUT2D eigenvalue weighted by Gasteiger charge is -2.38. The van der Waals surface area contributed by atoms with Gasteiger partial charge in [0, 0.05) is 36.7 Å². The Morgan fingerprint density at radius 3 is 2.37 bits per heavy atom. The summed E-state index contributed by atoms with van der Waals surface area (Å²) < 4.78 is 6.96. The minimum absolute atomic E-state index is 0.165. The van der Waals surface area contributed by atoms with E-state index in [0.717, 1.165) is 5.52 Å². The number of carboxylic acids is 1. The second kappa shape index (κ2) is 7.64. The number of benzene rings is 1. The molecule has 0 aliphatic carbocycles. The topological polar surface area (TPSA) is 127 Å². The number of likely N-dealkylation sites (tertiary alicyclic amines) is 1. The van der Waals surface area contributed by atoms with Crippen LogP contribution in [-0.4, -0.2) is 56.8 Å². The third-order valence-corrected chi connectivity index (χ3v) is 5.28. The zero-order valence-electron chi connectivity index (χ0n) is 17.7. The molecule has 162 valence electrons. The molecule has 2 amide bonds. The second-order valence-corrected chi connectivity index (χ2v) is 8.74. The SMILES string of the molecule is Cn1c(C(=O)O)cc2cc(NC(=O)C3(N)CCN(C(=O)OC(C)(C)C)CC3)ccc21. The number of hydrogen-bond acceptors (Lipinski definition) is 5. The smallest absolute Gasteiger partial charge is 0.410 e. The number of carboxylic acid groups (broad SMARTS) is 1. The van der Waals surface area contributed by atoms with Crippen LogP contribution in [0.15, 0.2) is 24.3 Å². The number of hydrogen-bond donors (Lipinski definition) is 3. The van der Waals surface area contributed by atoms with E-state index in [9.17, 15) is 19.5 Å². The zero-order chi connectivity index (χ0) is 22.3. The van der Waals surface area contributed by atoms with E-state index in [1.54, 1.807) is 61.6 Å². The highest BCUT2D eigenvalue weighted by molar-refractivity contribution is 6.01. The van der Waals surface area contributed by atoms with Crippen molar-refractivity contribution >= 4 is 34.6 Å². The molecule has 1 saturated heterocycles. The van der Waals surface area contributed by atoms with E-state index in [2.05, 4.69) is 5.32 Å². The molecule has 1 aromatic carbocycles. The fraction of sp³-hybridized carbons (Fsp3) is 0.476. The second-order valence-electron chi connectivity index (χ2n) is 8.74. The lowest BCUT2D eigenvalue weighted by Crippen LogP contribution is -2.58. The Kier molecular flexibility index (Phi) is 5.51. The summed E-state index contributed by atoms with van der Waals surface area (Å²) in [6.45, 7) is 6.08. The van der Waals surface area contributed by atoms with Crippen LogP contribution in [-0.2, 0) is 16.6 Å². The number of aromatic nitrogens is 1. The fourth-order valence-corrected chi connectivity index (χ4v) is 3.53. The maximum absolute atomic E-state index is 12.8. The molecule has 0 bridgehead atoms. The van der Waals surface area contributed by atoms with Gasteiger partial charge in [0.25, 0.3) is 0 Å². The Labute approximate surface area is 174 Å². The van der Waals surface area contributed by atoms with Crippen LogP contribution in [0, 0.1) is 0 Å². The molecule has 1 fully saturated rings. The van der Waals surface area contributed by atoms with Crippen molar-refractivity contribution in [1.82, 2.24) is 9.47 Å². The van der Waals surface area contributed by atoms with Crippen molar-refractivity contribution in [2.75, 3.05) is 18.4 Å². The monoisotopic (exact) mass is 416 g/mol. The maximum Gasteiger partial charge on any atom is 0.410 e. The van der Waals surface area contributed by atoms with Crippen LogP contribution in [0.4, 0.5) is 10.5 Å². The van der Waals surface area contributed by atoms with Crippen LogP contribution in [0.2, 0.25) is 0 Å². The number of carbonyl (C=O) groups excluding carboxylic acids is 2. The largest absolute Gasteiger partial charge is 0.477 e. The van der Waals surface area contributed by atoms with Gasteiger partial charge in [-0.2, -0.15) is 0 Å². The third kappa shape index (κ3) is 4.40. The van der Waals surface area contributed by atoms with Crippen molar-refractivity contribution in [3.05, 3.63) is 30.0 Å². The first-order valence-corrected chi connectivity index (χ1v) is 9.81. The van der Waals surface area contributed by atoms with E-state index in [-0.39, 0.29) is 11.6 Å². The van der Waals surface area contributed by atoms with E-state index < -0.39 is 23.2 Å². The molecule has 9 nitrogen and oxygen atoms in total. The number of nitrogens with zero attached hydrogens (tertiary/aromatic N) is 2. The van der Waals surface area contributed by atoms with Gasteiger partial charge in [-0.05, 0) is 57.9 Å². The number of piperidine rings is 1. The van der Waals surface area contributed by atoms with Gasteiger partial charge >= 0.3 is 12.1 Å². The van der Waals surface area contributed by atoms with Gasteiger partial charge in [0.15, 0.2) is 0 Å². The van der Waals surface area contributed by atoms with Gasteiger partial charge in [0.1, 0.15) is 11.3 Å². The number of rotatable bonds is 3. The summed E-state index contributed by atoms with van der Waals surface area (Å²) in [6, 6.07) is 6.75. The first-order chi connectivity index (χ1) is 13.9. The molecule has 2 heterocycles. The minimum atomic E-state index is -1.10. The number of nitrogens with one attached hydrogen (secondary N) is 1. The van der Waals surface area contributed by atoms with Crippen LogP contribution in [0.1, 0.15) is 44.1 Å². The van der Waals surface area contributed by atoms with E-state index in [0.29, 0.717) is 37.0 Å². The van der Waals surface area contributed by atoms with Gasteiger partial charge in [-0.1, -0.05) is 0 Å². The molecular formula is C21H28N4O5.